The SMILES string of the molecule is CCOC(=O)c1cc(-c2ccccc2)sc1NC(=O)[C@@H](C)Sc1nncn1C. The molecule has 0 fully saturated rings. The van der Waals surface area contributed by atoms with Crippen molar-refractivity contribution >= 4 is 40.0 Å². The van der Waals surface area contributed by atoms with Gasteiger partial charge < -0.3 is 14.6 Å². The summed E-state index contributed by atoms with van der Waals surface area (Å²) in [6, 6.07) is 11.5. The number of hydrogen-bond acceptors (Lipinski definition) is 7. The molecule has 3 aromatic rings. The standard InChI is InChI=1S/C19H20N4O3S2/c1-4-26-18(25)14-10-15(13-8-6-5-7-9-13)28-17(14)21-16(24)12(2)27-19-22-20-11-23(19)3/h5-12H,4H2,1-3H3,(H,21,24)/t12-/m1/s1. The number of hydrogen-bond donors (Lipinski definition) is 1. The van der Waals surface area contributed by atoms with E-state index in [1.54, 1.807) is 30.8 Å². The number of thiophene rings is 1. The van der Waals surface area contributed by atoms with E-state index in [1.165, 1.54) is 23.1 Å². The number of amides is 1. The van der Waals surface area contributed by atoms with Gasteiger partial charge >= 0.3 is 5.97 Å². The van der Waals surface area contributed by atoms with Gasteiger partial charge in [-0.1, -0.05) is 42.1 Å². The minimum Gasteiger partial charge on any atom is -0.462 e. The number of ether oxygens (including phenoxy) is 1. The van der Waals surface area contributed by atoms with E-state index in [4.69, 9.17) is 4.74 Å². The fourth-order valence-electron chi connectivity index (χ4n) is 2.39. The Labute approximate surface area is 171 Å². The summed E-state index contributed by atoms with van der Waals surface area (Å²) in [6.45, 7) is 3.80. The van der Waals surface area contributed by atoms with Crippen molar-refractivity contribution in [1.82, 2.24) is 14.8 Å². The van der Waals surface area contributed by atoms with Gasteiger partial charge in [0, 0.05) is 11.9 Å². The summed E-state index contributed by atoms with van der Waals surface area (Å²) in [6.07, 6.45) is 1.58. The molecule has 1 atom stereocenters. The molecule has 0 saturated carbocycles. The third-order valence-corrected chi connectivity index (χ3v) is 6.09. The average molecular weight is 417 g/mol. The zero-order valence-electron chi connectivity index (χ0n) is 15.7. The fraction of sp³-hybridized carbons (Fsp3) is 0.263. The maximum absolute atomic E-state index is 12.7. The van der Waals surface area contributed by atoms with Crippen LogP contribution in [0, 0.1) is 0 Å². The van der Waals surface area contributed by atoms with Crippen LogP contribution in [0.1, 0.15) is 24.2 Å². The number of esters is 1. The van der Waals surface area contributed by atoms with Crippen LogP contribution in [-0.4, -0.2) is 38.5 Å². The van der Waals surface area contributed by atoms with E-state index >= 15 is 0 Å². The second kappa shape index (κ2) is 9.03. The molecule has 1 amide bonds. The van der Waals surface area contributed by atoms with E-state index in [1.807, 2.05) is 37.4 Å². The van der Waals surface area contributed by atoms with Crippen molar-refractivity contribution in [2.75, 3.05) is 11.9 Å². The molecule has 0 unspecified atom stereocenters. The molecular formula is C19H20N4O3S2. The van der Waals surface area contributed by atoms with E-state index in [0.29, 0.717) is 15.7 Å². The maximum atomic E-state index is 12.7. The van der Waals surface area contributed by atoms with E-state index in [-0.39, 0.29) is 12.5 Å². The molecule has 1 aromatic carbocycles. The Balaban J connectivity index is 1.82. The summed E-state index contributed by atoms with van der Waals surface area (Å²) in [5.74, 6) is -0.676. The highest BCUT2D eigenvalue weighted by Gasteiger charge is 2.23. The van der Waals surface area contributed by atoms with Gasteiger partial charge in [0.05, 0.1) is 17.4 Å². The zero-order valence-corrected chi connectivity index (χ0v) is 17.3. The Morgan fingerprint density at radius 2 is 2.07 bits per heavy atom. The smallest absolute Gasteiger partial charge is 0.341 e. The minimum absolute atomic E-state index is 0.222. The highest BCUT2D eigenvalue weighted by Crippen LogP contribution is 2.36. The first-order valence-corrected chi connectivity index (χ1v) is 10.4. The first-order chi connectivity index (χ1) is 13.5. The molecule has 2 heterocycles. The van der Waals surface area contributed by atoms with E-state index in [2.05, 4.69) is 15.5 Å². The lowest BCUT2D eigenvalue weighted by molar-refractivity contribution is -0.115. The Kier molecular flexibility index (Phi) is 6.48. The van der Waals surface area contributed by atoms with Gasteiger partial charge in [-0.25, -0.2) is 4.79 Å². The van der Waals surface area contributed by atoms with Crippen molar-refractivity contribution in [2.24, 2.45) is 7.05 Å². The van der Waals surface area contributed by atoms with Crippen molar-refractivity contribution in [3.8, 4) is 10.4 Å². The number of carbonyl (C=O) groups is 2. The topological polar surface area (TPSA) is 86.1 Å². The summed E-state index contributed by atoms with van der Waals surface area (Å²) in [4.78, 5) is 25.9. The largest absolute Gasteiger partial charge is 0.462 e. The highest BCUT2D eigenvalue weighted by molar-refractivity contribution is 8.00. The van der Waals surface area contributed by atoms with Crippen LogP contribution >= 0.6 is 23.1 Å². The Morgan fingerprint density at radius 3 is 2.71 bits per heavy atom. The number of aryl methyl sites for hydroxylation is 1. The average Bonchev–Trinajstić information content (AvgIpc) is 3.29. The lowest BCUT2D eigenvalue weighted by atomic mass is 10.1. The summed E-state index contributed by atoms with van der Waals surface area (Å²) >= 11 is 2.65. The molecule has 7 nitrogen and oxygen atoms in total. The first kappa shape index (κ1) is 20.1. The predicted molar refractivity (Wildman–Crippen MR) is 111 cm³/mol. The number of rotatable bonds is 7. The predicted octanol–water partition coefficient (Wildman–Crippen LogP) is 3.84. The lowest BCUT2D eigenvalue weighted by Gasteiger charge is -2.11. The van der Waals surface area contributed by atoms with Crippen LogP contribution in [0.2, 0.25) is 0 Å². The summed E-state index contributed by atoms with van der Waals surface area (Å²) < 4.78 is 6.90. The van der Waals surface area contributed by atoms with Crippen molar-refractivity contribution in [3.63, 3.8) is 0 Å². The van der Waals surface area contributed by atoms with E-state index < -0.39 is 11.2 Å². The van der Waals surface area contributed by atoms with Gasteiger partial charge in [-0.2, -0.15) is 0 Å². The van der Waals surface area contributed by atoms with Gasteiger partial charge in [-0.05, 0) is 25.5 Å². The maximum Gasteiger partial charge on any atom is 0.341 e. The van der Waals surface area contributed by atoms with Crippen LogP contribution in [0.4, 0.5) is 5.00 Å². The number of nitrogens with one attached hydrogen (secondary N) is 1. The van der Waals surface area contributed by atoms with Gasteiger partial charge in [0.15, 0.2) is 5.16 Å². The lowest BCUT2D eigenvalue weighted by Crippen LogP contribution is -2.23. The number of anilines is 1. The number of nitrogens with zero attached hydrogens (tertiary/aromatic N) is 3. The molecule has 28 heavy (non-hydrogen) atoms. The highest BCUT2D eigenvalue weighted by atomic mass is 32.2. The summed E-state index contributed by atoms with van der Waals surface area (Å²) in [5, 5.41) is 11.4. The summed E-state index contributed by atoms with van der Waals surface area (Å²) in [5.41, 5.74) is 1.33. The van der Waals surface area contributed by atoms with Gasteiger partial charge in [0.25, 0.3) is 0 Å². The molecule has 146 valence electrons. The zero-order chi connectivity index (χ0) is 20.1. The van der Waals surface area contributed by atoms with Crippen LogP contribution in [0.25, 0.3) is 10.4 Å². The summed E-state index contributed by atoms with van der Waals surface area (Å²) in [7, 11) is 1.82. The van der Waals surface area contributed by atoms with Crippen LogP contribution in [0.15, 0.2) is 47.9 Å². The van der Waals surface area contributed by atoms with Crippen LogP contribution in [-0.2, 0) is 16.6 Å². The number of aromatic nitrogens is 3. The molecule has 0 aliphatic carbocycles. The molecule has 2 aromatic heterocycles. The van der Waals surface area contributed by atoms with Crippen LogP contribution < -0.4 is 5.32 Å². The van der Waals surface area contributed by atoms with E-state index in [0.717, 1.165) is 10.4 Å². The Morgan fingerprint density at radius 1 is 1.32 bits per heavy atom. The normalized spacial score (nSPS) is 11.8. The van der Waals surface area contributed by atoms with E-state index in [9.17, 15) is 9.59 Å². The van der Waals surface area contributed by atoms with Crippen molar-refractivity contribution in [1.29, 1.82) is 0 Å². The molecule has 0 aliphatic heterocycles. The second-order valence-corrected chi connectivity index (χ2v) is 8.27. The van der Waals surface area contributed by atoms with Crippen LogP contribution in [0.3, 0.4) is 0 Å². The van der Waals surface area contributed by atoms with Gasteiger partial charge in [-0.15, -0.1) is 21.5 Å². The van der Waals surface area contributed by atoms with Gasteiger partial charge in [0.1, 0.15) is 11.3 Å². The monoisotopic (exact) mass is 416 g/mol. The molecular weight excluding hydrogens is 396 g/mol. The number of carbonyl (C=O) groups excluding carboxylic acids is 2. The molecule has 0 bridgehead atoms. The molecule has 0 spiro atoms. The molecule has 0 aliphatic rings. The Hall–Kier alpha value is -2.65. The van der Waals surface area contributed by atoms with Crippen molar-refractivity contribution < 1.29 is 14.3 Å². The van der Waals surface area contributed by atoms with Gasteiger partial charge in [0.2, 0.25) is 5.91 Å². The van der Waals surface area contributed by atoms with Gasteiger partial charge in [-0.3, -0.25) is 4.79 Å². The molecule has 3 rings (SSSR count). The third kappa shape index (κ3) is 4.60. The molecule has 1 N–H and O–H groups in total. The van der Waals surface area contributed by atoms with Crippen molar-refractivity contribution in [3.05, 3.63) is 48.3 Å². The number of thioether (sulfide) groups is 1. The fourth-order valence-corrected chi connectivity index (χ4v) is 4.24. The minimum atomic E-state index is -0.454. The first-order valence-electron chi connectivity index (χ1n) is 8.67. The Bertz CT molecular complexity index is 969. The molecule has 9 heteroatoms. The molecule has 0 radical (unpaired) electrons. The van der Waals surface area contributed by atoms with Crippen molar-refractivity contribution in [2.45, 2.75) is 24.3 Å². The quantitative estimate of drug-likeness (QED) is 0.465. The van der Waals surface area contributed by atoms with Crippen LogP contribution in [0.5, 0.6) is 0 Å². The third-order valence-electron chi connectivity index (χ3n) is 3.84. The number of benzene rings is 1. The second-order valence-electron chi connectivity index (χ2n) is 5.91. The molecule has 0 saturated heterocycles.